The highest BCUT2D eigenvalue weighted by Crippen LogP contribution is 2.91. The molecule has 3 aliphatic carbocycles. The summed E-state index contributed by atoms with van der Waals surface area (Å²) in [5.41, 5.74) is 0.0106. The van der Waals surface area contributed by atoms with Crippen molar-refractivity contribution in [3.05, 3.63) is 51.6 Å². The summed E-state index contributed by atoms with van der Waals surface area (Å²) in [5, 5.41) is 12.3. The van der Waals surface area contributed by atoms with E-state index in [1.54, 1.807) is 18.2 Å². The van der Waals surface area contributed by atoms with Gasteiger partial charge in [0.15, 0.2) is 11.6 Å². The fourth-order valence-corrected chi connectivity index (χ4v) is 4.65. The molecule has 0 heterocycles. The van der Waals surface area contributed by atoms with Gasteiger partial charge < -0.3 is 0 Å². The molecule has 2 aromatic rings. The van der Waals surface area contributed by atoms with Crippen molar-refractivity contribution >= 4 is 28.0 Å². The molecule has 3 atom stereocenters. The lowest BCUT2D eigenvalue weighted by Crippen LogP contribution is -2.16. The number of hydrogen-bond acceptors (Lipinski definition) is 4. The molecule has 0 aliphatic heterocycles. The Morgan fingerprint density at radius 2 is 2.00 bits per heavy atom. The van der Waals surface area contributed by atoms with Gasteiger partial charge in [-0.25, -0.2) is 0 Å². The molecular weight excluding hydrogens is 282 g/mol. The van der Waals surface area contributed by atoms with Crippen LogP contribution in [-0.2, 0) is 0 Å². The second kappa shape index (κ2) is 3.11. The number of fused-ring (bicyclic) bond motifs is 1. The van der Waals surface area contributed by atoms with E-state index in [-0.39, 0.29) is 28.6 Å². The monoisotopic (exact) mass is 293 g/mol. The van der Waals surface area contributed by atoms with Crippen molar-refractivity contribution < 1.29 is 14.5 Å². The van der Waals surface area contributed by atoms with Gasteiger partial charge in [0.2, 0.25) is 0 Å². The highest BCUT2D eigenvalue weighted by atomic mass is 16.6. The Morgan fingerprint density at radius 1 is 1.23 bits per heavy atom. The standard InChI is InChI=1S/C17H11NO4/c1-16-7-17(16)14(16)13(19)11-6-9(18(21)22)5-8-3-2-4-10(12(8)11)15(17)20/h2-6,14H,7H2,1H3/t14?,16-,17?/m0/s1. The summed E-state index contributed by atoms with van der Waals surface area (Å²) in [7, 11) is 0. The van der Waals surface area contributed by atoms with E-state index >= 15 is 0 Å². The molecule has 2 saturated carbocycles. The summed E-state index contributed by atoms with van der Waals surface area (Å²) in [6.45, 7) is 1.97. The normalized spacial score (nSPS) is 34.0. The molecule has 2 fully saturated rings. The Hall–Kier alpha value is -2.56. The lowest BCUT2D eigenvalue weighted by atomic mass is 9.92. The van der Waals surface area contributed by atoms with E-state index in [9.17, 15) is 19.7 Å². The fourth-order valence-electron chi connectivity index (χ4n) is 4.65. The van der Waals surface area contributed by atoms with Crippen molar-refractivity contribution in [2.45, 2.75) is 13.3 Å². The van der Waals surface area contributed by atoms with Crippen LogP contribution < -0.4 is 0 Å². The minimum atomic E-state index is -0.536. The van der Waals surface area contributed by atoms with Gasteiger partial charge in [0, 0.05) is 34.6 Å². The van der Waals surface area contributed by atoms with Crippen LogP contribution in [0.3, 0.4) is 0 Å². The molecule has 22 heavy (non-hydrogen) atoms. The van der Waals surface area contributed by atoms with E-state index in [1.807, 2.05) is 6.92 Å². The van der Waals surface area contributed by atoms with E-state index in [0.717, 1.165) is 6.42 Å². The topological polar surface area (TPSA) is 77.3 Å². The number of benzene rings is 2. The lowest BCUT2D eigenvalue weighted by Gasteiger charge is -2.09. The Labute approximate surface area is 125 Å². The number of carbonyl (C=O) groups is 2. The SMILES string of the molecule is C[C@@]12CC13C(=O)c1cccc4cc([N+](=O)[O-])cc(c14)C(=O)C32. The smallest absolute Gasteiger partial charge is 0.270 e. The van der Waals surface area contributed by atoms with Crippen molar-refractivity contribution in [2.24, 2.45) is 16.7 Å². The molecule has 1 spiro atoms. The quantitative estimate of drug-likeness (QED) is 0.597. The van der Waals surface area contributed by atoms with E-state index in [2.05, 4.69) is 0 Å². The predicted octanol–water partition coefficient (Wildman–Crippen LogP) is 3.15. The summed E-state index contributed by atoms with van der Waals surface area (Å²) >= 11 is 0. The van der Waals surface area contributed by atoms with Gasteiger partial charge in [-0.05, 0) is 17.2 Å². The maximum Gasteiger partial charge on any atom is 0.270 e. The number of non-ortho nitro benzene ring substituents is 1. The maximum absolute atomic E-state index is 12.9. The summed E-state index contributed by atoms with van der Waals surface area (Å²) in [6.07, 6.45) is 0.752. The average molecular weight is 293 g/mol. The van der Waals surface area contributed by atoms with E-state index in [0.29, 0.717) is 21.9 Å². The number of rotatable bonds is 1. The summed E-state index contributed by atoms with van der Waals surface area (Å²) < 4.78 is 0. The highest BCUT2D eigenvalue weighted by Gasteiger charge is 2.93. The molecule has 5 heteroatoms. The van der Waals surface area contributed by atoms with E-state index in [1.165, 1.54) is 12.1 Å². The molecule has 2 aromatic carbocycles. The first kappa shape index (κ1) is 12.0. The van der Waals surface area contributed by atoms with Gasteiger partial charge >= 0.3 is 0 Å². The van der Waals surface area contributed by atoms with Crippen LogP contribution in [0.2, 0.25) is 0 Å². The van der Waals surface area contributed by atoms with Gasteiger partial charge in [0.25, 0.3) is 5.69 Å². The van der Waals surface area contributed by atoms with Gasteiger partial charge in [-0.15, -0.1) is 0 Å². The molecule has 0 bridgehead atoms. The third-order valence-electron chi connectivity index (χ3n) is 5.94. The molecule has 5 nitrogen and oxygen atoms in total. The Balaban J connectivity index is 1.91. The third-order valence-corrected chi connectivity index (χ3v) is 5.94. The van der Waals surface area contributed by atoms with Gasteiger partial charge in [-0.1, -0.05) is 25.1 Å². The maximum atomic E-state index is 12.9. The zero-order valence-corrected chi connectivity index (χ0v) is 11.8. The predicted molar refractivity (Wildman–Crippen MR) is 77.9 cm³/mol. The van der Waals surface area contributed by atoms with Crippen LogP contribution in [0, 0.1) is 26.9 Å². The van der Waals surface area contributed by atoms with Crippen LogP contribution in [0.4, 0.5) is 5.69 Å². The molecule has 3 aliphatic rings. The van der Waals surface area contributed by atoms with Crippen molar-refractivity contribution in [1.29, 1.82) is 0 Å². The van der Waals surface area contributed by atoms with Crippen LogP contribution in [0.1, 0.15) is 34.1 Å². The number of ketones is 2. The number of nitrogens with zero attached hydrogens (tertiary/aromatic N) is 1. The van der Waals surface area contributed by atoms with Crippen molar-refractivity contribution in [1.82, 2.24) is 0 Å². The van der Waals surface area contributed by atoms with E-state index < -0.39 is 10.3 Å². The first-order chi connectivity index (χ1) is 10.4. The van der Waals surface area contributed by atoms with Crippen LogP contribution in [0.25, 0.3) is 10.8 Å². The number of nitro groups is 1. The molecule has 0 aromatic heterocycles. The first-order valence-electron chi connectivity index (χ1n) is 7.22. The summed E-state index contributed by atoms with van der Waals surface area (Å²) in [4.78, 5) is 36.4. The van der Waals surface area contributed by atoms with Crippen molar-refractivity contribution in [3.63, 3.8) is 0 Å². The van der Waals surface area contributed by atoms with Crippen LogP contribution in [0.5, 0.6) is 0 Å². The summed E-state index contributed by atoms with van der Waals surface area (Å²) in [6, 6.07) is 7.95. The van der Waals surface area contributed by atoms with Crippen LogP contribution in [0.15, 0.2) is 30.3 Å². The Morgan fingerprint density at radius 3 is 2.68 bits per heavy atom. The zero-order valence-electron chi connectivity index (χ0n) is 11.8. The number of nitro benzene ring substituents is 1. The minimum absolute atomic E-state index is 0.0338. The minimum Gasteiger partial charge on any atom is -0.294 e. The average Bonchev–Trinajstić information content (AvgIpc) is 3.28. The molecule has 0 radical (unpaired) electrons. The zero-order chi connectivity index (χ0) is 15.4. The first-order valence-corrected chi connectivity index (χ1v) is 7.22. The Bertz CT molecular complexity index is 963. The highest BCUT2D eigenvalue weighted by molar-refractivity contribution is 6.27. The van der Waals surface area contributed by atoms with Gasteiger partial charge in [-0.2, -0.15) is 0 Å². The third kappa shape index (κ3) is 1.01. The molecule has 5 rings (SSSR count). The second-order valence-electron chi connectivity index (χ2n) is 6.85. The summed E-state index contributed by atoms with van der Waals surface area (Å²) in [5.74, 6) is -0.377. The second-order valence-corrected chi connectivity index (χ2v) is 6.85. The molecule has 2 unspecified atom stereocenters. The van der Waals surface area contributed by atoms with Crippen LogP contribution in [-0.4, -0.2) is 16.5 Å². The Kier molecular flexibility index (Phi) is 1.70. The van der Waals surface area contributed by atoms with Crippen molar-refractivity contribution in [2.75, 3.05) is 0 Å². The van der Waals surface area contributed by atoms with E-state index in [4.69, 9.17) is 0 Å². The van der Waals surface area contributed by atoms with Crippen molar-refractivity contribution in [3.8, 4) is 0 Å². The van der Waals surface area contributed by atoms with Gasteiger partial charge in [0.1, 0.15) is 0 Å². The molecule has 0 amide bonds. The lowest BCUT2D eigenvalue weighted by molar-refractivity contribution is -0.384. The largest absolute Gasteiger partial charge is 0.294 e. The van der Waals surface area contributed by atoms with Gasteiger partial charge in [-0.3, -0.25) is 19.7 Å². The fraction of sp³-hybridized carbons (Fsp3) is 0.294. The molecule has 0 saturated heterocycles. The molecular formula is C17H11NO4. The number of carbonyl (C=O) groups excluding carboxylic acids is 2. The molecule has 0 N–H and O–H groups in total. The van der Waals surface area contributed by atoms with Gasteiger partial charge in [0.05, 0.1) is 10.3 Å². The number of Topliss-reactive ketones (excluding diaryl/α,β-unsaturated/α-hetero) is 2. The number of hydrogen-bond donors (Lipinski definition) is 0. The molecule has 108 valence electrons. The van der Waals surface area contributed by atoms with Crippen LogP contribution >= 0.6 is 0 Å².